The van der Waals surface area contributed by atoms with Crippen LogP contribution in [0.25, 0.3) is 0 Å². The van der Waals surface area contributed by atoms with Gasteiger partial charge in [0.05, 0.1) is 19.6 Å². The van der Waals surface area contributed by atoms with Crippen LogP contribution in [-0.4, -0.2) is 47.3 Å². The number of nitrogens with one attached hydrogen (secondary N) is 2. The highest BCUT2D eigenvalue weighted by molar-refractivity contribution is 5.88. The number of alkyl halides is 2. The molecule has 1 amide bonds. The molecule has 0 aromatic carbocycles. The third-order valence-electron chi connectivity index (χ3n) is 1.71. The van der Waals surface area contributed by atoms with Crippen LogP contribution in [0.4, 0.5) is 14.7 Å². The fourth-order valence-electron chi connectivity index (χ4n) is 1.03. The van der Waals surface area contributed by atoms with Crippen molar-refractivity contribution >= 4 is 11.9 Å². The molecule has 2 N–H and O–H groups in total. The van der Waals surface area contributed by atoms with Crippen molar-refractivity contribution in [1.82, 2.24) is 15.2 Å². The molecule has 0 aliphatic heterocycles. The van der Waals surface area contributed by atoms with Gasteiger partial charge in [-0.15, -0.1) is 5.10 Å². The summed E-state index contributed by atoms with van der Waals surface area (Å²) in [7, 11) is 0. The lowest BCUT2D eigenvalue weighted by atomic mass is 10.4. The van der Waals surface area contributed by atoms with Gasteiger partial charge in [0.15, 0.2) is 0 Å². The maximum absolute atomic E-state index is 11.7. The molecule has 1 aromatic rings. The van der Waals surface area contributed by atoms with Gasteiger partial charge in [0.2, 0.25) is 11.9 Å². The Labute approximate surface area is 102 Å². The number of halogens is 2. The zero-order valence-electron chi connectivity index (χ0n) is 9.78. The first-order valence-corrected chi connectivity index (χ1v) is 5.32. The van der Waals surface area contributed by atoms with E-state index in [9.17, 15) is 13.6 Å². The summed E-state index contributed by atoms with van der Waals surface area (Å²) in [6, 6.07) is 0.127. The number of hydrogen-bond acceptors (Lipinski definition) is 5. The van der Waals surface area contributed by atoms with Gasteiger partial charge in [-0.2, -0.15) is 4.98 Å². The fraction of sp³-hybridized carbons (Fsp3) is 0.667. The number of rotatable bonds is 8. The van der Waals surface area contributed by atoms with Gasteiger partial charge in [0.25, 0.3) is 6.43 Å². The summed E-state index contributed by atoms with van der Waals surface area (Å²) >= 11 is 0. The SMILES string of the molecule is CCOc1n[nH]c(NC(=O)CCOCC(F)F)n1. The van der Waals surface area contributed by atoms with Gasteiger partial charge in [-0.25, -0.2) is 13.9 Å². The van der Waals surface area contributed by atoms with E-state index in [1.54, 1.807) is 6.92 Å². The highest BCUT2D eigenvalue weighted by Crippen LogP contribution is 2.05. The van der Waals surface area contributed by atoms with Crippen molar-refractivity contribution in [3.63, 3.8) is 0 Å². The van der Waals surface area contributed by atoms with Crippen LogP contribution in [0.5, 0.6) is 6.01 Å². The van der Waals surface area contributed by atoms with Crippen molar-refractivity contribution in [1.29, 1.82) is 0 Å². The van der Waals surface area contributed by atoms with E-state index >= 15 is 0 Å². The lowest BCUT2D eigenvalue weighted by molar-refractivity contribution is -0.117. The summed E-state index contributed by atoms with van der Waals surface area (Å²) < 4.78 is 33.0. The number of carbonyl (C=O) groups excluding carboxylic acids is 1. The van der Waals surface area contributed by atoms with Crippen LogP contribution >= 0.6 is 0 Å². The first kappa shape index (κ1) is 14.3. The van der Waals surface area contributed by atoms with Crippen molar-refractivity contribution in [2.24, 2.45) is 0 Å². The van der Waals surface area contributed by atoms with Crippen LogP contribution < -0.4 is 10.1 Å². The summed E-state index contributed by atoms with van der Waals surface area (Å²) in [5.74, 6) is -0.277. The fourth-order valence-corrected chi connectivity index (χ4v) is 1.03. The maximum Gasteiger partial charge on any atom is 0.337 e. The molecule has 9 heteroatoms. The Morgan fingerprint density at radius 3 is 3.00 bits per heavy atom. The second kappa shape index (κ2) is 7.54. The molecule has 0 atom stereocenters. The van der Waals surface area contributed by atoms with E-state index < -0.39 is 18.9 Å². The highest BCUT2D eigenvalue weighted by Gasteiger charge is 2.08. The average Bonchev–Trinajstić information content (AvgIpc) is 2.72. The first-order valence-electron chi connectivity index (χ1n) is 5.32. The second-order valence-electron chi connectivity index (χ2n) is 3.16. The van der Waals surface area contributed by atoms with Crippen molar-refractivity contribution < 1.29 is 23.0 Å². The summed E-state index contributed by atoms with van der Waals surface area (Å²) in [5.41, 5.74) is 0. The molecule has 0 bridgehead atoms. The Morgan fingerprint density at radius 2 is 2.33 bits per heavy atom. The Balaban J connectivity index is 2.22. The van der Waals surface area contributed by atoms with Crippen LogP contribution in [0.2, 0.25) is 0 Å². The number of anilines is 1. The number of aromatic amines is 1. The third-order valence-corrected chi connectivity index (χ3v) is 1.71. The van der Waals surface area contributed by atoms with Crippen molar-refractivity contribution in [3.8, 4) is 6.01 Å². The number of H-pyrrole nitrogens is 1. The van der Waals surface area contributed by atoms with E-state index in [0.29, 0.717) is 6.61 Å². The van der Waals surface area contributed by atoms with E-state index in [2.05, 4.69) is 25.2 Å². The summed E-state index contributed by atoms with van der Waals surface area (Å²) in [5, 5.41) is 8.52. The predicted octanol–water partition coefficient (Wildman–Crippen LogP) is 0.814. The number of carbonyl (C=O) groups is 1. The molecular formula is C9H14F2N4O3. The molecule has 7 nitrogen and oxygen atoms in total. The number of hydrogen-bond donors (Lipinski definition) is 2. The van der Waals surface area contributed by atoms with Gasteiger partial charge < -0.3 is 9.47 Å². The number of aromatic nitrogens is 3. The topological polar surface area (TPSA) is 89.1 Å². The van der Waals surface area contributed by atoms with Gasteiger partial charge in [0.1, 0.15) is 6.61 Å². The Morgan fingerprint density at radius 1 is 1.56 bits per heavy atom. The number of ether oxygens (including phenoxy) is 2. The molecule has 102 valence electrons. The van der Waals surface area contributed by atoms with E-state index in [-0.39, 0.29) is 25.0 Å². The molecule has 1 heterocycles. The van der Waals surface area contributed by atoms with Crippen LogP contribution in [0.15, 0.2) is 0 Å². The van der Waals surface area contributed by atoms with E-state index in [0.717, 1.165) is 0 Å². The summed E-state index contributed by atoms with van der Waals surface area (Å²) in [4.78, 5) is 15.1. The Bertz CT molecular complexity index is 372. The Hall–Kier alpha value is -1.77. The van der Waals surface area contributed by atoms with Gasteiger partial charge in [0, 0.05) is 0 Å². The van der Waals surface area contributed by atoms with Crippen LogP contribution in [0.1, 0.15) is 13.3 Å². The molecule has 0 saturated carbocycles. The normalized spacial score (nSPS) is 10.7. The van der Waals surface area contributed by atoms with Gasteiger partial charge in [-0.3, -0.25) is 10.1 Å². The molecule has 18 heavy (non-hydrogen) atoms. The summed E-state index contributed by atoms with van der Waals surface area (Å²) in [6.07, 6.45) is -2.58. The van der Waals surface area contributed by atoms with E-state index in [1.165, 1.54) is 0 Å². The zero-order chi connectivity index (χ0) is 13.4. The molecule has 1 rings (SSSR count). The highest BCUT2D eigenvalue weighted by atomic mass is 19.3. The van der Waals surface area contributed by atoms with Gasteiger partial charge in [-0.05, 0) is 6.92 Å². The van der Waals surface area contributed by atoms with E-state index in [1.807, 2.05) is 0 Å². The smallest absolute Gasteiger partial charge is 0.337 e. The molecule has 0 unspecified atom stereocenters. The minimum absolute atomic E-state index is 0.0443. The van der Waals surface area contributed by atoms with Crippen molar-refractivity contribution in [2.45, 2.75) is 19.8 Å². The van der Waals surface area contributed by atoms with Crippen molar-refractivity contribution in [3.05, 3.63) is 0 Å². The minimum atomic E-state index is -2.53. The van der Waals surface area contributed by atoms with Crippen molar-refractivity contribution in [2.75, 3.05) is 25.1 Å². The van der Waals surface area contributed by atoms with Crippen LogP contribution in [-0.2, 0) is 9.53 Å². The van der Waals surface area contributed by atoms with Gasteiger partial charge >= 0.3 is 6.01 Å². The first-order chi connectivity index (χ1) is 8.61. The second-order valence-corrected chi connectivity index (χ2v) is 3.16. The lowest BCUT2D eigenvalue weighted by Gasteiger charge is -2.03. The molecule has 0 saturated heterocycles. The van der Waals surface area contributed by atoms with Crippen LogP contribution in [0, 0.1) is 0 Å². The van der Waals surface area contributed by atoms with Gasteiger partial charge in [-0.1, -0.05) is 0 Å². The molecule has 0 radical (unpaired) electrons. The molecule has 0 aliphatic rings. The lowest BCUT2D eigenvalue weighted by Crippen LogP contribution is -2.16. The predicted molar refractivity (Wildman–Crippen MR) is 57.6 cm³/mol. The monoisotopic (exact) mass is 264 g/mol. The molecule has 1 aromatic heterocycles. The Kier molecular flexibility index (Phi) is 5.98. The summed E-state index contributed by atoms with van der Waals surface area (Å²) in [6.45, 7) is 1.42. The third kappa shape index (κ3) is 5.53. The zero-order valence-corrected chi connectivity index (χ0v) is 9.78. The minimum Gasteiger partial charge on any atom is -0.463 e. The number of amides is 1. The molecule has 0 spiro atoms. The van der Waals surface area contributed by atoms with Crippen LogP contribution in [0.3, 0.4) is 0 Å². The molecular weight excluding hydrogens is 250 g/mol. The quantitative estimate of drug-likeness (QED) is 0.678. The number of nitrogens with zero attached hydrogens (tertiary/aromatic N) is 2. The average molecular weight is 264 g/mol. The standard InChI is InChI=1S/C9H14F2N4O3/c1-2-18-9-13-8(14-15-9)12-7(16)3-4-17-5-6(10)11/h6H,2-5H2,1H3,(H2,12,13,14,15,16). The maximum atomic E-state index is 11.7. The molecule has 0 aliphatic carbocycles. The molecule has 0 fully saturated rings. The largest absolute Gasteiger partial charge is 0.463 e. The van der Waals surface area contributed by atoms with E-state index in [4.69, 9.17) is 4.74 Å².